The zero-order valence-electron chi connectivity index (χ0n) is 16.2. The molecule has 1 aliphatic rings. The lowest BCUT2D eigenvalue weighted by atomic mass is 10.1. The van der Waals surface area contributed by atoms with Crippen molar-refractivity contribution in [3.63, 3.8) is 0 Å². The average molecular weight is 451 g/mol. The molecule has 0 atom stereocenters. The summed E-state index contributed by atoms with van der Waals surface area (Å²) < 4.78 is 0. The summed E-state index contributed by atoms with van der Waals surface area (Å²) in [6.45, 7) is 4.21. The van der Waals surface area contributed by atoms with Crippen LogP contribution in [0, 0.1) is 10.1 Å². The molecule has 1 N–H and O–H groups in total. The van der Waals surface area contributed by atoms with E-state index in [0.29, 0.717) is 43.3 Å². The summed E-state index contributed by atoms with van der Waals surface area (Å²) in [5, 5.41) is 14.3. The van der Waals surface area contributed by atoms with Gasteiger partial charge in [-0.3, -0.25) is 19.7 Å². The van der Waals surface area contributed by atoms with Crippen molar-refractivity contribution in [2.75, 3.05) is 36.4 Å². The van der Waals surface area contributed by atoms with Crippen LogP contribution in [0.2, 0.25) is 10.0 Å². The summed E-state index contributed by atoms with van der Waals surface area (Å²) in [6, 6.07) is 8.82. The fourth-order valence-corrected chi connectivity index (χ4v) is 3.67. The van der Waals surface area contributed by atoms with E-state index in [1.54, 1.807) is 18.2 Å². The number of nitrogens with one attached hydrogen (secondary N) is 1. The third-order valence-corrected chi connectivity index (χ3v) is 5.45. The number of rotatable bonds is 5. The summed E-state index contributed by atoms with van der Waals surface area (Å²) in [5.74, 6) is -0.466. The summed E-state index contributed by atoms with van der Waals surface area (Å²) >= 11 is 12.2. The molecule has 0 unspecified atom stereocenters. The SMILES string of the molecule is CCC(=O)N1CCN(c2ccc(Cl)cc2NC(=O)c2cc([N+](=O)[O-])ccc2Cl)CC1. The first kappa shape index (κ1) is 21.9. The van der Waals surface area contributed by atoms with E-state index < -0.39 is 10.8 Å². The molecule has 1 saturated heterocycles. The molecule has 8 nitrogen and oxygen atoms in total. The second-order valence-corrected chi connectivity index (χ2v) is 7.60. The minimum atomic E-state index is -0.588. The Morgan fingerprint density at radius 3 is 2.43 bits per heavy atom. The third kappa shape index (κ3) is 4.83. The van der Waals surface area contributed by atoms with Crippen LogP contribution >= 0.6 is 23.2 Å². The van der Waals surface area contributed by atoms with Gasteiger partial charge in [-0.25, -0.2) is 0 Å². The average Bonchev–Trinajstić information content (AvgIpc) is 2.73. The molecule has 0 saturated carbocycles. The highest BCUT2D eigenvalue weighted by Gasteiger charge is 2.23. The third-order valence-electron chi connectivity index (χ3n) is 4.89. The van der Waals surface area contributed by atoms with Gasteiger partial charge in [0, 0.05) is 49.8 Å². The molecule has 0 bridgehead atoms. The molecular formula is C20H20Cl2N4O4. The van der Waals surface area contributed by atoms with Gasteiger partial charge in [0.25, 0.3) is 11.6 Å². The van der Waals surface area contributed by atoms with Gasteiger partial charge in [0.2, 0.25) is 5.91 Å². The van der Waals surface area contributed by atoms with E-state index in [2.05, 4.69) is 10.2 Å². The minimum Gasteiger partial charge on any atom is -0.366 e. The van der Waals surface area contributed by atoms with Crippen LogP contribution in [0.15, 0.2) is 36.4 Å². The van der Waals surface area contributed by atoms with Gasteiger partial charge in [0.15, 0.2) is 0 Å². The molecule has 0 aromatic heterocycles. The van der Waals surface area contributed by atoms with Crippen molar-refractivity contribution in [2.45, 2.75) is 13.3 Å². The van der Waals surface area contributed by atoms with Crippen LogP contribution in [-0.4, -0.2) is 47.8 Å². The van der Waals surface area contributed by atoms with Gasteiger partial charge in [-0.1, -0.05) is 30.1 Å². The molecular weight excluding hydrogens is 431 g/mol. The van der Waals surface area contributed by atoms with Crippen molar-refractivity contribution < 1.29 is 14.5 Å². The van der Waals surface area contributed by atoms with Crippen LogP contribution in [-0.2, 0) is 4.79 Å². The van der Waals surface area contributed by atoms with Gasteiger partial charge < -0.3 is 15.1 Å². The number of hydrogen-bond acceptors (Lipinski definition) is 5. The summed E-state index contributed by atoms with van der Waals surface area (Å²) in [4.78, 5) is 39.0. The zero-order chi connectivity index (χ0) is 21.8. The number of hydrogen-bond donors (Lipinski definition) is 1. The first-order valence-corrected chi connectivity index (χ1v) is 10.1. The molecule has 0 spiro atoms. The number of carbonyl (C=O) groups is 2. The maximum Gasteiger partial charge on any atom is 0.270 e. The molecule has 1 fully saturated rings. The Hall–Kier alpha value is -2.84. The van der Waals surface area contributed by atoms with Crippen molar-refractivity contribution in [1.29, 1.82) is 0 Å². The van der Waals surface area contributed by atoms with E-state index >= 15 is 0 Å². The van der Waals surface area contributed by atoms with Crippen molar-refractivity contribution in [3.05, 3.63) is 62.1 Å². The number of nitro benzene ring substituents is 1. The van der Waals surface area contributed by atoms with Gasteiger partial charge in [0.05, 0.1) is 26.9 Å². The quantitative estimate of drug-likeness (QED) is 0.543. The van der Waals surface area contributed by atoms with Crippen molar-refractivity contribution in [3.8, 4) is 0 Å². The Morgan fingerprint density at radius 2 is 1.80 bits per heavy atom. The monoisotopic (exact) mass is 450 g/mol. The van der Waals surface area contributed by atoms with Crippen LogP contribution in [0.25, 0.3) is 0 Å². The van der Waals surface area contributed by atoms with Gasteiger partial charge >= 0.3 is 0 Å². The van der Waals surface area contributed by atoms with Crippen LogP contribution in [0.5, 0.6) is 0 Å². The van der Waals surface area contributed by atoms with Crippen LogP contribution in [0.1, 0.15) is 23.7 Å². The molecule has 10 heteroatoms. The summed E-state index contributed by atoms with van der Waals surface area (Å²) in [6.07, 6.45) is 0.465. The minimum absolute atomic E-state index is 0.00449. The maximum absolute atomic E-state index is 12.8. The zero-order valence-corrected chi connectivity index (χ0v) is 17.7. The lowest BCUT2D eigenvalue weighted by Crippen LogP contribution is -2.48. The fourth-order valence-electron chi connectivity index (χ4n) is 3.29. The normalized spacial score (nSPS) is 13.8. The number of anilines is 2. The van der Waals surface area contributed by atoms with Gasteiger partial charge in [-0.2, -0.15) is 0 Å². The first-order chi connectivity index (χ1) is 14.3. The van der Waals surface area contributed by atoms with Crippen LogP contribution in [0.3, 0.4) is 0 Å². The highest BCUT2D eigenvalue weighted by atomic mass is 35.5. The molecule has 2 aromatic carbocycles. The number of halogens is 2. The first-order valence-electron chi connectivity index (χ1n) is 9.37. The number of carbonyl (C=O) groups excluding carboxylic acids is 2. The highest BCUT2D eigenvalue weighted by molar-refractivity contribution is 6.34. The Bertz CT molecular complexity index is 991. The van der Waals surface area contributed by atoms with E-state index in [-0.39, 0.29) is 22.2 Å². The van der Waals surface area contributed by atoms with Gasteiger partial charge in [0.1, 0.15) is 0 Å². The van der Waals surface area contributed by atoms with Crippen molar-refractivity contribution >= 4 is 52.1 Å². The number of nitro groups is 1. The number of amides is 2. The van der Waals surface area contributed by atoms with E-state index in [1.165, 1.54) is 12.1 Å². The molecule has 0 aliphatic carbocycles. The number of non-ortho nitro benzene ring substituents is 1. The molecule has 2 amide bonds. The standard InChI is InChI=1S/C20H20Cl2N4O4/c1-2-19(27)25-9-7-24(8-10-25)18-6-3-13(21)11-17(18)23-20(28)15-12-14(26(29)30)4-5-16(15)22/h3-6,11-12H,2,7-10H2,1H3,(H,23,28). The second kappa shape index (κ2) is 9.32. The summed E-state index contributed by atoms with van der Waals surface area (Å²) in [7, 11) is 0. The smallest absolute Gasteiger partial charge is 0.270 e. The molecule has 3 rings (SSSR count). The number of benzene rings is 2. The van der Waals surface area contributed by atoms with Crippen molar-refractivity contribution in [2.24, 2.45) is 0 Å². The lowest BCUT2D eigenvalue weighted by Gasteiger charge is -2.37. The van der Waals surface area contributed by atoms with Crippen molar-refractivity contribution in [1.82, 2.24) is 4.90 Å². The Balaban J connectivity index is 1.83. The van der Waals surface area contributed by atoms with E-state index in [4.69, 9.17) is 23.2 Å². The number of nitrogens with zero attached hydrogens (tertiary/aromatic N) is 3. The van der Waals surface area contributed by atoms with E-state index in [1.807, 2.05) is 11.8 Å². The largest absolute Gasteiger partial charge is 0.366 e. The molecule has 158 valence electrons. The van der Waals surface area contributed by atoms with Gasteiger partial charge in [-0.05, 0) is 24.3 Å². The lowest BCUT2D eigenvalue weighted by molar-refractivity contribution is -0.384. The molecule has 2 aromatic rings. The second-order valence-electron chi connectivity index (χ2n) is 6.76. The highest BCUT2D eigenvalue weighted by Crippen LogP contribution is 2.31. The van der Waals surface area contributed by atoms with E-state index in [9.17, 15) is 19.7 Å². The Kier molecular flexibility index (Phi) is 6.79. The van der Waals surface area contributed by atoms with Crippen LogP contribution < -0.4 is 10.2 Å². The van der Waals surface area contributed by atoms with Gasteiger partial charge in [-0.15, -0.1) is 0 Å². The number of piperazine rings is 1. The maximum atomic E-state index is 12.8. The van der Waals surface area contributed by atoms with E-state index in [0.717, 1.165) is 11.8 Å². The molecule has 1 aliphatic heterocycles. The Labute approximate surface area is 183 Å². The fraction of sp³-hybridized carbons (Fsp3) is 0.300. The topological polar surface area (TPSA) is 95.8 Å². The molecule has 1 heterocycles. The molecule has 0 radical (unpaired) electrons. The predicted molar refractivity (Wildman–Crippen MR) is 117 cm³/mol. The summed E-state index contributed by atoms with van der Waals surface area (Å²) in [5.41, 5.74) is 0.978. The van der Waals surface area contributed by atoms with Crippen LogP contribution in [0.4, 0.5) is 17.1 Å². The molecule has 30 heavy (non-hydrogen) atoms. The Morgan fingerprint density at radius 1 is 1.10 bits per heavy atom. The predicted octanol–water partition coefficient (Wildman–Crippen LogP) is 4.21.